The third-order valence-corrected chi connectivity index (χ3v) is 9.72. The minimum absolute atomic E-state index is 0.105. The van der Waals surface area contributed by atoms with Crippen molar-refractivity contribution in [3.63, 3.8) is 0 Å². The van der Waals surface area contributed by atoms with Crippen LogP contribution in [0.25, 0.3) is 0 Å². The minimum atomic E-state index is -3.55. The Balaban J connectivity index is 1.44. The maximum Gasteiger partial charge on any atom is 0.252 e. The predicted molar refractivity (Wildman–Crippen MR) is 130 cm³/mol. The van der Waals surface area contributed by atoms with Crippen molar-refractivity contribution in [3.05, 3.63) is 41.3 Å². The van der Waals surface area contributed by atoms with Crippen LogP contribution in [0, 0.1) is 12.8 Å². The average molecular weight is 477 g/mol. The normalized spacial score (nSPS) is 20.9. The molecule has 3 heterocycles. The third-order valence-electron chi connectivity index (χ3n) is 6.39. The van der Waals surface area contributed by atoms with Crippen LogP contribution >= 0.6 is 11.3 Å². The third kappa shape index (κ3) is 5.01. The number of para-hydroxylation sites is 2. The number of hydrogen-bond donors (Lipinski definition) is 1. The molecule has 1 N–H and O–H groups in total. The van der Waals surface area contributed by atoms with E-state index in [4.69, 9.17) is 0 Å². The number of anilines is 2. The van der Waals surface area contributed by atoms with E-state index in [-0.39, 0.29) is 18.4 Å². The van der Waals surface area contributed by atoms with Gasteiger partial charge in [0.05, 0.1) is 17.3 Å². The number of amides is 1. The Morgan fingerprint density at radius 1 is 1.09 bits per heavy atom. The smallest absolute Gasteiger partial charge is 0.252 e. The van der Waals surface area contributed by atoms with E-state index in [0.29, 0.717) is 23.6 Å². The Labute approximate surface area is 195 Å². The summed E-state index contributed by atoms with van der Waals surface area (Å²) >= 11 is 1.28. The lowest BCUT2D eigenvalue weighted by molar-refractivity contribution is -0.120. The van der Waals surface area contributed by atoms with E-state index in [1.165, 1.54) is 15.6 Å². The number of nitrogens with zero attached hydrogens (tertiary/aromatic N) is 3. The van der Waals surface area contributed by atoms with Gasteiger partial charge in [0.1, 0.15) is 4.21 Å². The second-order valence-electron chi connectivity index (χ2n) is 8.49. The molecular weight excluding hydrogens is 444 g/mol. The Morgan fingerprint density at radius 2 is 1.84 bits per heavy atom. The molecule has 174 valence electrons. The number of piperidine rings is 1. The van der Waals surface area contributed by atoms with Crippen molar-refractivity contribution in [1.82, 2.24) is 9.21 Å². The van der Waals surface area contributed by atoms with Crippen LogP contribution in [0.3, 0.4) is 0 Å². The van der Waals surface area contributed by atoms with Gasteiger partial charge in [0.15, 0.2) is 0 Å². The van der Waals surface area contributed by atoms with Crippen molar-refractivity contribution < 1.29 is 13.2 Å². The second-order valence-corrected chi connectivity index (χ2v) is 11.9. The zero-order valence-electron chi connectivity index (χ0n) is 18.8. The van der Waals surface area contributed by atoms with Crippen LogP contribution in [0.2, 0.25) is 0 Å². The fourth-order valence-electron chi connectivity index (χ4n) is 4.45. The zero-order valence-corrected chi connectivity index (χ0v) is 20.4. The highest BCUT2D eigenvalue weighted by molar-refractivity contribution is 7.91. The van der Waals surface area contributed by atoms with Gasteiger partial charge >= 0.3 is 0 Å². The van der Waals surface area contributed by atoms with Crippen LogP contribution in [0.1, 0.15) is 24.6 Å². The molecule has 9 heteroatoms. The quantitative estimate of drug-likeness (QED) is 0.693. The summed E-state index contributed by atoms with van der Waals surface area (Å²) in [5.74, 6) is -0.462. The number of aryl methyl sites for hydroxylation is 1. The van der Waals surface area contributed by atoms with Gasteiger partial charge in [-0.2, -0.15) is 4.31 Å². The van der Waals surface area contributed by atoms with Crippen LogP contribution in [-0.2, 0) is 14.8 Å². The molecule has 0 bridgehead atoms. The molecule has 2 aliphatic rings. The van der Waals surface area contributed by atoms with Gasteiger partial charge in [-0.3, -0.25) is 4.79 Å². The van der Waals surface area contributed by atoms with Crippen LogP contribution in [0.4, 0.5) is 11.4 Å². The molecule has 1 aromatic carbocycles. The lowest BCUT2D eigenvalue weighted by Crippen LogP contribution is -2.46. The van der Waals surface area contributed by atoms with E-state index in [9.17, 15) is 13.2 Å². The number of piperazine rings is 1. The topological polar surface area (TPSA) is 73.0 Å². The van der Waals surface area contributed by atoms with Gasteiger partial charge in [-0.05, 0) is 50.6 Å². The predicted octanol–water partition coefficient (Wildman–Crippen LogP) is 3.24. The van der Waals surface area contributed by atoms with Gasteiger partial charge in [-0.1, -0.05) is 19.1 Å². The standard InChI is InChI=1S/C23H32N4O3S2/c1-3-25-13-15-26(16-14-25)21-9-5-4-8-20(21)24-23(28)19-7-6-12-27(17-19)32(29,30)22-11-10-18(2)31-22/h4-5,8-11,19H,3,6-7,12-17H2,1-2H3,(H,24,28). The molecule has 0 spiro atoms. The van der Waals surface area contributed by atoms with Crippen molar-refractivity contribution in [2.75, 3.05) is 56.0 Å². The highest BCUT2D eigenvalue weighted by atomic mass is 32.2. The van der Waals surface area contributed by atoms with Crippen molar-refractivity contribution in [1.29, 1.82) is 0 Å². The largest absolute Gasteiger partial charge is 0.367 e. The molecule has 32 heavy (non-hydrogen) atoms. The van der Waals surface area contributed by atoms with Crippen LogP contribution in [-0.4, -0.2) is 69.3 Å². The SMILES string of the molecule is CCN1CCN(c2ccccc2NC(=O)C2CCCN(S(=O)(=O)c3ccc(C)s3)C2)CC1. The van der Waals surface area contributed by atoms with Gasteiger partial charge in [0, 0.05) is 44.1 Å². The number of thiophene rings is 1. The van der Waals surface area contributed by atoms with Crippen LogP contribution < -0.4 is 10.2 Å². The Hall–Kier alpha value is -1.94. The van der Waals surface area contributed by atoms with Crippen LogP contribution in [0.15, 0.2) is 40.6 Å². The lowest BCUT2D eigenvalue weighted by atomic mass is 9.98. The number of benzene rings is 1. The summed E-state index contributed by atoms with van der Waals surface area (Å²) in [5, 5.41) is 3.11. The number of sulfonamides is 1. The monoisotopic (exact) mass is 476 g/mol. The first-order valence-corrected chi connectivity index (χ1v) is 13.6. The van der Waals surface area contributed by atoms with Gasteiger partial charge in [0.25, 0.3) is 10.0 Å². The second kappa shape index (κ2) is 9.91. The van der Waals surface area contributed by atoms with E-state index < -0.39 is 10.0 Å². The first kappa shape index (κ1) is 23.2. The minimum Gasteiger partial charge on any atom is -0.367 e. The fourth-order valence-corrected chi connectivity index (χ4v) is 7.41. The molecule has 4 rings (SSSR count). The number of likely N-dealkylation sites (N-methyl/N-ethyl adjacent to an activating group) is 1. The van der Waals surface area contributed by atoms with E-state index in [1.807, 2.05) is 37.3 Å². The van der Waals surface area contributed by atoms with E-state index in [2.05, 4.69) is 22.0 Å². The van der Waals surface area contributed by atoms with E-state index >= 15 is 0 Å². The molecule has 7 nitrogen and oxygen atoms in total. The fraction of sp³-hybridized carbons (Fsp3) is 0.522. The molecular formula is C23H32N4O3S2. The maximum absolute atomic E-state index is 13.2. The molecule has 2 saturated heterocycles. The van der Waals surface area contributed by atoms with Gasteiger partial charge < -0.3 is 15.1 Å². The highest BCUT2D eigenvalue weighted by Gasteiger charge is 2.34. The molecule has 2 aromatic rings. The van der Waals surface area contributed by atoms with E-state index in [0.717, 1.165) is 49.0 Å². The highest BCUT2D eigenvalue weighted by Crippen LogP contribution is 2.30. The first-order valence-electron chi connectivity index (χ1n) is 11.3. The average Bonchev–Trinajstić information content (AvgIpc) is 3.27. The molecule has 1 aromatic heterocycles. The van der Waals surface area contributed by atoms with Gasteiger partial charge in [-0.25, -0.2) is 8.42 Å². The van der Waals surface area contributed by atoms with Crippen molar-refractivity contribution in [3.8, 4) is 0 Å². The molecule has 1 atom stereocenters. The summed E-state index contributed by atoms with van der Waals surface area (Å²) in [7, 11) is -3.55. The number of carbonyl (C=O) groups is 1. The van der Waals surface area contributed by atoms with Crippen molar-refractivity contribution in [2.45, 2.75) is 30.9 Å². The molecule has 1 amide bonds. The Morgan fingerprint density at radius 3 is 2.53 bits per heavy atom. The summed E-state index contributed by atoms with van der Waals surface area (Å²) < 4.78 is 27.9. The van der Waals surface area contributed by atoms with Gasteiger partial charge in [-0.15, -0.1) is 11.3 Å². The van der Waals surface area contributed by atoms with Crippen LogP contribution in [0.5, 0.6) is 0 Å². The summed E-state index contributed by atoms with van der Waals surface area (Å²) in [5.41, 5.74) is 1.84. The molecule has 0 saturated carbocycles. The number of nitrogens with one attached hydrogen (secondary N) is 1. The molecule has 2 fully saturated rings. The summed E-state index contributed by atoms with van der Waals surface area (Å²) in [6.45, 7) is 9.69. The molecule has 0 radical (unpaired) electrons. The molecule has 2 aliphatic heterocycles. The van der Waals surface area contributed by atoms with Crippen molar-refractivity contribution >= 4 is 38.6 Å². The molecule has 0 aliphatic carbocycles. The van der Waals surface area contributed by atoms with Crippen molar-refractivity contribution in [2.24, 2.45) is 5.92 Å². The number of hydrogen-bond acceptors (Lipinski definition) is 6. The number of rotatable bonds is 6. The summed E-state index contributed by atoms with van der Waals surface area (Å²) in [6.07, 6.45) is 1.38. The maximum atomic E-state index is 13.2. The zero-order chi connectivity index (χ0) is 22.7. The number of carbonyl (C=O) groups excluding carboxylic acids is 1. The van der Waals surface area contributed by atoms with E-state index in [1.54, 1.807) is 6.07 Å². The summed E-state index contributed by atoms with van der Waals surface area (Å²) in [6, 6.07) is 11.4. The Kier molecular flexibility index (Phi) is 7.19. The lowest BCUT2D eigenvalue weighted by Gasteiger charge is -2.36. The first-order chi connectivity index (χ1) is 15.4. The van der Waals surface area contributed by atoms with Gasteiger partial charge in [0.2, 0.25) is 5.91 Å². The Bertz CT molecular complexity index is 1050. The summed E-state index contributed by atoms with van der Waals surface area (Å²) in [4.78, 5) is 18.9. The molecule has 1 unspecified atom stereocenters.